The molecule has 0 amide bonds. The number of nitrogens with zero attached hydrogens (tertiary/aromatic N) is 4. The summed E-state index contributed by atoms with van der Waals surface area (Å²) >= 11 is 0. The van der Waals surface area contributed by atoms with Gasteiger partial charge in [0.25, 0.3) is 0 Å². The lowest BCUT2D eigenvalue weighted by Crippen LogP contribution is -2.40. The normalized spacial score (nSPS) is 17.5. The first kappa shape index (κ1) is 12.5. The van der Waals surface area contributed by atoms with Gasteiger partial charge in [-0.25, -0.2) is 0 Å². The highest BCUT2D eigenvalue weighted by molar-refractivity contribution is 4.84. The highest BCUT2D eigenvalue weighted by atomic mass is 16.5. The predicted octanol–water partition coefficient (Wildman–Crippen LogP) is -0.280. The molecular weight excluding hydrogens is 218 g/mol. The second kappa shape index (κ2) is 6.68. The summed E-state index contributed by atoms with van der Waals surface area (Å²) in [5.41, 5.74) is 0. The lowest BCUT2D eigenvalue weighted by molar-refractivity contribution is 0.0384. The molecule has 1 aliphatic heterocycles. The molecule has 0 spiro atoms. The van der Waals surface area contributed by atoms with Gasteiger partial charge >= 0.3 is 0 Å². The molecule has 2 heterocycles. The lowest BCUT2D eigenvalue weighted by Gasteiger charge is -2.26. The van der Waals surface area contributed by atoms with Gasteiger partial charge in [-0.15, -0.1) is 10.2 Å². The van der Waals surface area contributed by atoms with E-state index in [0.29, 0.717) is 0 Å². The predicted molar refractivity (Wildman–Crippen MR) is 64.7 cm³/mol. The third kappa shape index (κ3) is 3.76. The molecule has 1 N–H and O–H groups in total. The average molecular weight is 239 g/mol. The maximum Gasteiger partial charge on any atom is 0.146 e. The number of rotatable bonds is 6. The van der Waals surface area contributed by atoms with Crippen LogP contribution in [0.4, 0.5) is 0 Å². The summed E-state index contributed by atoms with van der Waals surface area (Å²) in [4.78, 5) is 2.42. The van der Waals surface area contributed by atoms with E-state index < -0.39 is 0 Å². The minimum Gasteiger partial charge on any atom is -0.379 e. The second-order valence-corrected chi connectivity index (χ2v) is 4.16. The van der Waals surface area contributed by atoms with Crippen molar-refractivity contribution in [3.63, 3.8) is 0 Å². The van der Waals surface area contributed by atoms with Gasteiger partial charge in [0.2, 0.25) is 0 Å². The van der Waals surface area contributed by atoms with Crippen LogP contribution in [0.2, 0.25) is 0 Å². The van der Waals surface area contributed by atoms with Crippen molar-refractivity contribution in [2.24, 2.45) is 0 Å². The maximum absolute atomic E-state index is 5.31. The zero-order chi connectivity index (χ0) is 11.9. The van der Waals surface area contributed by atoms with Gasteiger partial charge in [-0.2, -0.15) is 0 Å². The molecule has 0 atom stereocenters. The molecule has 1 aliphatic rings. The van der Waals surface area contributed by atoms with E-state index in [1.165, 1.54) is 0 Å². The molecule has 0 radical (unpaired) electrons. The zero-order valence-electron chi connectivity index (χ0n) is 10.4. The number of ether oxygens (including phenoxy) is 1. The standard InChI is InChI=1S/C11H21N5O/c1-2-16-10-13-14-11(16)9-12-3-4-15-5-7-17-8-6-15/h10,12H,2-9H2,1H3. The van der Waals surface area contributed by atoms with Crippen molar-refractivity contribution in [2.75, 3.05) is 39.4 Å². The van der Waals surface area contributed by atoms with E-state index in [1.807, 2.05) is 0 Å². The van der Waals surface area contributed by atoms with Gasteiger partial charge in [0, 0.05) is 32.7 Å². The molecule has 6 heteroatoms. The molecular formula is C11H21N5O. The number of aromatic nitrogens is 3. The summed E-state index contributed by atoms with van der Waals surface area (Å²) in [6, 6.07) is 0. The number of hydrogen-bond donors (Lipinski definition) is 1. The Bertz CT molecular complexity index is 321. The van der Waals surface area contributed by atoms with Crippen LogP contribution in [0.25, 0.3) is 0 Å². The lowest BCUT2D eigenvalue weighted by atomic mass is 10.4. The van der Waals surface area contributed by atoms with E-state index in [4.69, 9.17) is 4.74 Å². The first-order chi connectivity index (χ1) is 8.40. The molecule has 17 heavy (non-hydrogen) atoms. The molecule has 0 aromatic carbocycles. The van der Waals surface area contributed by atoms with Crippen molar-refractivity contribution >= 4 is 0 Å². The Morgan fingerprint density at radius 2 is 2.24 bits per heavy atom. The summed E-state index contributed by atoms with van der Waals surface area (Å²) in [7, 11) is 0. The molecule has 0 saturated carbocycles. The Labute approximate surface area is 102 Å². The SMILES string of the molecule is CCn1cnnc1CNCCN1CCOCC1. The van der Waals surface area contributed by atoms with E-state index in [2.05, 4.69) is 31.9 Å². The van der Waals surface area contributed by atoms with Crippen molar-refractivity contribution in [2.45, 2.75) is 20.0 Å². The summed E-state index contributed by atoms with van der Waals surface area (Å²) in [6.07, 6.45) is 1.78. The van der Waals surface area contributed by atoms with Gasteiger partial charge in [-0.3, -0.25) is 4.90 Å². The number of morpholine rings is 1. The van der Waals surface area contributed by atoms with Crippen LogP contribution in [-0.2, 0) is 17.8 Å². The average Bonchev–Trinajstić information content (AvgIpc) is 2.83. The summed E-state index contributed by atoms with van der Waals surface area (Å²) < 4.78 is 7.37. The maximum atomic E-state index is 5.31. The van der Waals surface area contributed by atoms with Crippen LogP contribution in [0.3, 0.4) is 0 Å². The molecule has 0 unspecified atom stereocenters. The van der Waals surface area contributed by atoms with Gasteiger partial charge in [-0.05, 0) is 6.92 Å². The molecule has 1 aromatic rings. The Kier molecular flexibility index (Phi) is 4.90. The van der Waals surface area contributed by atoms with Gasteiger partial charge in [-0.1, -0.05) is 0 Å². The first-order valence-electron chi connectivity index (χ1n) is 6.27. The van der Waals surface area contributed by atoms with E-state index in [-0.39, 0.29) is 0 Å². The van der Waals surface area contributed by atoms with Gasteiger partial charge in [0.1, 0.15) is 12.2 Å². The first-order valence-corrected chi connectivity index (χ1v) is 6.27. The molecule has 6 nitrogen and oxygen atoms in total. The van der Waals surface area contributed by atoms with E-state index in [1.54, 1.807) is 6.33 Å². The largest absolute Gasteiger partial charge is 0.379 e. The summed E-state index contributed by atoms with van der Waals surface area (Å²) in [5, 5.41) is 11.4. The summed E-state index contributed by atoms with van der Waals surface area (Å²) in [6.45, 7) is 9.69. The monoisotopic (exact) mass is 239 g/mol. The highest BCUT2D eigenvalue weighted by Gasteiger charge is 2.09. The fourth-order valence-corrected chi connectivity index (χ4v) is 1.94. The quantitative estimate of drug-likeness (QED) is 0.692. The van der Waals surface area contributed by atoms with Gasteiger partial charge in [0.15, 0.2) is 0 Å². The molecule has 1 aromatic heterocycles. The molecule has 1 saturated heterocycles. The van der Waals surface area contributed by atoms with Gasteiger partial charge in [0.05, 0.1) is 19.8 Å². The minimum absolute atomic E-state index is 0.790. The Balaban J connectivity index is 1.62. The Hall–Kier alpha value is -0.980. The minimum atomic E-state index is 0.790. The Morgan fingerprint density at radius 1 is 1.41 bits per heavy atom. The molecule has 2 rings (SSSR count). The van der Waals surface area contributed by atoms with E-state index >= 15 is 0 Å². The zero-order valence-corrected chi connectivity index (χ0v) is 10.4. The topological polar surface area (TPSA) is 55.2 Å². The molecule has 96 valence electrons. The third-order valence-corrected chi connectivity index (χ3v) is 3.03. The number of aryl methyl sites for hydroxylation is 1. The fourth-order valence-electron chi connectivity index (χ4n) is 1.94. The van der Waals surface area contributed by atoms with Crippen LogP contribution >= 0.6 is 0 Å². The number of hydrogen-bond acceptors (Lipinski definition) is 5. The van der Waals surface area contributed by atoms with Crippen LogP contribution in [0, 0.1) is 0 Å². The number of nitrogens with one attached hydrogen (secondary N) is 1. The molecule has 0 aliphatic carbocycles. The third-order valence-electron chi connectivity index (χ3n) is 3.03. The Morgan fingerprint density at radius 3 is 3.00 bits per heavy atom. The van der Waals surface area contributed by atoms with Crippen molar-refractivity contribution in [1.82, 2.24) is 25.0 Å². The van der Waals surface area contributed by atoms with Crippen LogP contribution in [0.15, 0.2) is 6.33 Å². The van der Waals surface area contributed by atoms with Crippen LogP contribution in [-0.4, -0.2) is 59.1 Å². The van der Waals surface area contributed by atoms with Gasteiger partial charge < -0.3 is 14.6 Å². The molecule has 1 fully saturated rings. The van der Waals surface area contributed by atoms with Crippen LogP contribution in [0.5, 0.6) is 0 Å². The van der Waals surface area contributed by atoms with Crippen molar-refractivity contribution in [1.29, 1.82) is 0 Å². The second-order valence-electron chi connectivity index (χ2n) is 4.16. The van der Waals surface area contributed by atoms with E-state index in [0.717, 1.165) is 58.3 Å². The smallest absolute Gasteiger partial charge is 0.146 e. The van der Waals surface area contributed by atoms with Crippen LogP contribution in [0.1, 0.15) is 12.7 Å². The van der Waals surface area contributed by atoms with Crippen molar-refractivity contribution < 1.29 is 4.74 Å². The van der Waals surface area contributed by atoms with Crippen LogP contribution < -0.4 is 5.32 Å². The fraction of sp³-hybridized carbons (Fsp3) is 0.818. The van der Waals surface area contributed by atoms with Crippen molar-refractivity contribution in [3.8, 4) is 0 Å². The highest BCUT2D eigenvalue weighted by Crippen LogP contribution is 1.96. The van der Waals surface area contributed by atoms with E-state index in [9.17, 15) is 0 Å². The van der Waals surface area contributed by atoms with Crippen molar-refractivity contribution in [3.05, 3.63) is 12.2 Å². The summed E-state index contributed by atoms with van der Waals surface area (Å²) in [5.74, 6) is 1.01. The molecule has 0 bridgehead atoms.